The molecule has 0 spiro atoms. The highest BCUT2D eigenvalue weighted by molar-refractivity contribution is 5.94. The molecule has 1 atom stereocenters. The fourth-order valence-electron chi connectivity index (χ4n) is 1.58. The highest BCUT2D eigenvalue weighted by Crippen LogP contribution is 2.14. The first kappa shape index (κ1) is 13.7. The quantitative estimate of drug-likeness (QED) is 0.745. The lowest BCUT2D eigenvalue weighted by Crippen LogP contribution is -2.22. The number of nitrogens with one attached hydrogen (secondary N) is 1. The summed E-state index contributed by atoms with van der Waals surface area (Å²) < 4.78 is 0. The summed E-state index contributed by atoms with van der Waals surface area (Å²) in [4.78, 5) is 11.1. The molecule has 94 valence electrons. The van der Waals surface area contributed by atoms with E-state index in [0.717, 1.165) is 17.8 Å². The molecule has 3 heteroatoms. The molecule has 0 radical (unpaired) electrons. The second-order valence-corrected chi connectivity index (χ2v) is 4.70. The molecular weight excluding hydrogens is 214 g/mol. The first-order valence-electron chi connectivity index (χ1n) is 6.00. The summed E-state index contributed by atoms with van der Waals surface area (Å²) in [6.07, 6.45) is 0. The van der Waals surface area contributed by atoms with Gasteiger partial charge in [-0.05, 0) is 37.1 Å². The van der Waals surface area contributed by atoms with Gasteiger partial charge in [-0.25, -0.2) is 0 Å². The van der Waals surface area contributed by atoms with Crippen LogP contribution in [0.15, 0.2) is 24.3 Å². The van der Waals surface area contributed by atoms with Crippen LogP contribution in [0.1, 0.15) is 31.1 Å². The zero-order valence-electron chi connectivity index (χ0n) is 10.7. The predicted molar refractivity (Wildman–Crippen MR) is 70.4 cm³/mol. The summed E-state index contributed by atoms with van der Waals surface area (Å²) >= 11 is 0. The van der Waals surface area contributed by atoms with Gasteiger partial charge in [0.15, 0.2) is 5.78 Å². The Hall–Kier alpha value is -1.35. The van der Waals surface area contributed by atoms with Crippen molar-refractivity contribution >= 4 is 11.5 Å². The second kappa shape index (κ2) is 6.40. The van der Waals surface area contributed by atoms with Gasteiger partial charge < -0.3 is 10.4 Å². The Kier molecular flexibility index (Phi) is 5.16. The van der Waals surface area contributed by atoms with Gasteiger partial charge in [0.1, 0.15) is 0 Å². The van der Waals surface area contributed by atoms with Crippen LogP contribution in [0.3, 0.4) is 0 Å². The molecule has 0 aliphatic heterocycles. The van der Waals surface area contributed by atoms with Gasteiger partial charge in [-0.15, -0.1) is 0 Å². The number of benzene rings is 1. The Bertz CT molecular complexity index is 357. The topological polar surface area (TPSA) is 49.3 Å². The van der Waals surface area contributed by atoms with Crippen LogP contribution in [0, 0.1) is 11.8 Å². The maximum atomic E-state index is 11.1. The number of carbonyl (C=O) groups excluding carboxylic acids is 1. The summed E-state index contributed by atoms with van der Waals surface area (Å²) in [5.74, 6) is 0.776. The molecule has 0 amide bonds. The summed E-state index contributed by atoms with van der Waals surface area (Å²) in [6, 6.07) is 7.42. The lowest BCUT2D eigenvalue weighted by atomic mass is 9.97. The number of rotatable bonds is 6. The van der Waals surface area contributed by atoms with Gasteiger partial charge in [-0.2, -0.15) is 0 Å². The van der Waals surface area contributed by atoms with Crippen LogP contribution in [0.2, 0.25) is 0 Å². The van der Waals surface area contributed by atoms with Gasteiger partial charge in [0, 0.05) is 30.3 Å². The SMILES string of the molecule is CC(=O)c1ccc(NCC(CO)C(C)C)cc1. The van der Waals surface area contributed by atoms with E-state index in [1.807, 2.05) is 24.3 Å². The minimum atomic E-state index is 0.0759. The number of aliphatic hydroxyl groups is 1. The zero-order chi connectivity index (χ0) is 12.8. The fourth-order valence-corrected chi connectivity index (χ4v) is 1.58. The molecule has 0 saturated heterocycles. The Morgan fingerprint density at radius 2 is 1.88 bits per heavy atom. The maximum absolute atomic E-state index is 11.1. The largest absolute Gasteiger partial charge is 0.396 e. The molecule has 1 rings (SSSR count). The van der Waals surface area contributed by atoms with Crippen molar-refractivity contribution in [3.8, 4) is 0 Å². The standard InChI is InChI=1S/C14H21NO2/c1-10(2)13(9-16)8-15-14-6-4-12(5-7-14)11(3)17/h4-7,10,13,15-16H,8-9H2,1-3H3. The lowest BCUT2D eigenvalue weighted by Gasteiger charge is -2.19. The molecule has 0 aliphatic carbocycles. The molecule has 1 unspecified atom stereocenters. The van der Waals surface area contributed by atoms with Gasteiger partial charge in [0.25, 0.3) is 0 Å². The van der Waals surface area contributed by atoms with Crippen molar-refractivity contribution in [1.29, 1.82) is 0 Å². The van der Waals surface area contributed by atoms with Crippen molar-refractivity contribution in [3.63, 3.8) is 0 Å². The summed E-state index contributed by atoms with van der Waals surface area (Å²) in [7, 11) is 0. The molecule has 1 aromatic carbocycles. The molecule has 0 saturated carbocycles. The molecule has 0 aliphatic rings. The predicted octanol–water partition coefficient (Wildman–Crippen LogP) is 2.57. The Balaban J connectivity index is 2.55. The Labute approximate surface area is 103 Å². The number of ketones is 1. The molecule has 0 heterocycles. The summed E-state index contributed by atoms with van der Waals surface area (Å²) in [5.41, 5.74) is 1.70. The molecule has 0 aromatic heterocycles. The average molecular weight is 235 g/mol. The van der Waals surface area contributed by atoms with Crippen LogP contribution >= 0.6 is 0 Å². The highest BCUT2D eigenvalue weighted by Gasteiger charge is 2.11. The van der Waals surface area contributed by atoms with Crippen LogP contribution in [0.4, 0.5) is 5.69 Å². The minimum Gasteiger partial charge on any atom is -0.396 e. The highest BCUT2D eigenvalue weighted by atomic mass is 16.3. The number of carbonyl (C=O) groups is 1. The van der Waals surface area contributed by atoms with E-state index in [2.05, 4.69) is 19.2 Å². The van der Waals surface area contributed by atoms with Crippen molar-refractivity contribution in [1.82, 2.24) is 0 Å². The normalized spacial score (nSPS) is 12.5. The summed E-state index contributed by atoms with van der Waals surface area (Å²) in [5, 5.41) is 12.5. The number of aliphatic hydroxyl groups excluding tert-OH is 1. The van der Waals surface area contributed by atoms with Crippen LogP contribution in [0.5, 0.6) is 0 Å². The van der Waals surface area contributed by atoms with E-state index in [1.54, 1.807) is 6.92 Å². The molecule has 2 N–H and O–H groups in total. The van der Waals surface area contributed by atoms with Crippen molar-refractivity contribution in [2.24, 2.45) is 11.8 Å². The molecule has 17 heavy (non-hydrogen) atoms. The number of anilines is 1. The van der Waals surface area contributed by atoms with Gasteiger partial charge in [-0.3, -0.25) is 4.79 Å². The number of Topliss-reactive ketones (excluding diaryl/α,β-unsaturated/α-hetero) is 1. The second-order valence-electron chi connectivity index (χ2n) is 4.70. The maximum Gasteiger partial charge on any atom is 0.159 e. The number of hydrogen-bond donors (Lipinski definition) is 2. The van der Waals surface area contributed by atoms with Crippen molar-refractivity contribution in [3.05, 3.63) is 29.8 Å². The number of hydrogen-bond acceptors (Lipinski definition) is 3. The van der Waals surface area contributed by atoms with E-state index in [1.165, 1.54) is 0 Å². The smallest absolute Gasteiger partial charge is 0.159 e. The zero-order valence-corrected chi connectivity index (χ0v) is 10.7. The third-order valence-corrected chi connectivity index (χ3v) is 3.04. The van der Waals surface area contributed by atoms with Gasteiger partial charge >= 0.3 is 0 Å². The minimum absolute atomic E-state index is 0.0759. The van der Waals surface area contributed by atoms with E-state index in [-0.39, 0.29) is 18.3 Å². The molecule has 3 nitrogen and oxygen atoms in total. The third-order valence-electron chi connectivity index (χ3n) is 3.04. The van der Waals surface area contributed by atoms with E-state index in [4.69, 9.17) is 0 Å². The van der Waals surface area contributed by atoms with Crippen LogP contribution in [-0.4, -0.2) is 24.0 Å². The van der Waals surface area contributed by atoms with Crippen LogP contribution in [-0.2, 0) is 0 Å². The van der Waals surface area contributed by atoms with E-state index in [0.29, 0.717) is 5.92 Å². The van der Waals surface area contributed by atoms with Crippen LogP contribution < -0.4 is 5.32 Å². The van der Waals surface area contributed by atoms with Crippen molar-refractivity contribution in [2.75, 3.05) is 18.5 Å². The van der Waals surface area contributed by atoms with E-state index in [9.17, 15) is 9.90 Å². The van der Waals surface area contributed by atoms with Gasteiger partial charge in [0.2, 0.25) is 0 Å². The van der Waals surface area contributed by atoms with Crippen molar-refractivity contribution < 1.29 is 9.90 Å². The first-order chi connectivity index (χ1) is 8.04. The van der Waals surface area contributed by atoms with Gasteiger partial charge in [-0.1, -0.05) is 13.8 Å². The van der Waals surface area contributed by atoms with Gasteiger partial charge in [0.05, 0.1) is 0 Å². The first-order valence-corrected chi connectivity index (χ1v) is 6.00. The lowest BCUT2D eigenvalue weighted by molar-refractivity contribution is 0.101. The fraction of sp³-hybridized carbons (Fsp3) is 0.500. The van der Waals surface area contributed by atoms with E-state index < -0.39 is 0 Å². The molecular formula is C14H21NO2. The Morgan fingerprint density at radius 1 is 1.29 bits per heavy atom. The molecule has 0 fully saturated rings. The average Bonchev–Trinajstić information content (AvgIpc) is 2.30. The van der Waals surface area contributed by atoms with Crippen molar-refractivity contribution in [2.45, 2.75) is 20.8 Å². The monoisotopic (exact) mass is 235 g/mol. The van der Waals surface area contributed by atoms with E-state index >= 15 is 0 Å². The molecule has 0 bridgehead atoms. The van der Waals surface area contributed by atoms with Crippen LogP contribution in [0.25, 0.3) is 0 Å². The summed E-state index contributed by atoms with van der Waals surface area (Å²) in [6.45, 7) is 6.69. The molecule has 1 aromatic rings. The Morgan fingerprint density at radius 3 is 2.29 bits per heavy atom. The third kappa shape index (κ3) is 4.19.